The highest BCUT2D eigenvalue weighted by atomic mass is 15.0. The summed E-state index contributed by atoms with van der Waals surface area (Å²) in [5, 5.41) is 19.0. The predicted molar refractivity (Wildman–Crippen MR) is 342 cm³/mol. The molecule has 0 aliphatic carbocycles. The van der Waals surface area contributed by atoms with E-state index in [1.54, 1.807) is 0 Å². The highest BCUT2D eigenvalue weighted by Gasteiger charge is 2.27. The van der Waals surface area contributed by atoms with Crippen LogP contribution in [0.2, 0.25) is 0 Å². The number of fused-ring (bicyclic) bond motifs is 9. The molecule has 83 heavy (non-hydrogen) atoms. The molecule has 6 nitrogen and oxygen atoms in total. The number of hydrogen-bond donors (Lipinski definition) is 0. The molecule has 16 rings (SSSR count). The van der Waals surface area contributed by atoms with Gasteiger partial charge in [0.25, 0.3) is 0 Å². The summed E-state index contributed by atoms with van der Waals surface area (Å²) in [6, 6.07) is 106. The summed E-state index contributed by atoms with van der Waals surface area (Å²) in [7, 11) is 0. The van der Waals surface area contributed by atoms with Gasteiger partial charge in [-0.3, -0.25) is 0 Å². The van der Waals surface area contributed by atoms with Crippen molar-refractivity contribution in [2.45, 2.75) is 0 Å². The number of nitrogens with zero attached hydrogens (tertiary/aromatic N) is 6. The summed E-state index contributed by atoms with van der Waals surface area (Å²) in [6.07, 6.45) is 0. The number of para-hydroxylation sites is 6. The van der Waals surface area contributed by atoms with Crippen molar-refractivity contribution < 1.29 is 0 Å². The maximum atomic E-state index is 11.8. The summed E-state index contributed by atoms with van der Waals surface area (Å²) < 4.78 is 7.03. The van der Waals surface area contributed by atoms with Crippen LogP contribution in [-0.4, -0.2) is 23.7 Å². The normalized spacial score (nSPS) is 11.6. The Kier molecular flexibility index (Phi) is 11.2. The first-order chi connectivity index (χ1) is 41.1. The number of aromatic nitrogens is 5. The van der Waals surface area contributed by atoms with Gasteiger partial charge in [0.1, 0.15) is 0 Å². The average Bonchev–Trinajstić information content (AvgIpc) is 4.35. The van der Waals surface area contributed by atoms with Crippen LogP contribution in [0.15, 0.2) is 291 Å². The summed E-state index contributed by atoms with van der Waals surface area (Å²) in [6.45, 7) is 0. The highest BCUT2D eigenvalue weighted by Crippen LogP contribution is 2.49. The Bertz CT molecular complexity index is 5020. The zero-order valence-electron chi connectivity index (χ0n) is 44.9. The molecule has 386 valence electrons. The average molecular weight is 1060 g/mol. The zero-order valence-corrected chi connectivity index (χ0v) is 44.9. The van der Waals surface area contributed by atoms with Crippen molar-refractivity contribution in [3.05, 3.63) is 297 Å². The van der Waals surface area contributed by atoms with E-state index in [-0.39, 0.29) is 0 Å². The van der Waals surface area contributed by atoms with Crippen LogP contribution in [0.5, 0.6) is 0 Å². The van der Waals surface area contributed by atoms with Crippen LogP contribution in [0.25, 0.3) is 150 Å². The molecule has 16 aromatic rings. The van der Waals surface area contributed by atoms with E-state index in [1.807, 2.05) is 36.4 Å². The van der Waals surface area contributed by atoms with Gasteiger partial charge in [0.2, 0.25) is 0 Å². The van der Waals surface area contributed by atoms with E-state index >= 15 is 0 Å². The smallest absolute Gasteiger partial charge is 0.160 e. The lowest BCUT2D eigenvalue weighted by Gasteiger charge is -2.23. The van der Waals surface area contributed by atoms with Gasteiger partial charge in [-0.25, -0.2) is 9.97 Å². The van der Waals surface area contributed by atoms with Gasteiger partial charge in [-0.15, -0.1) is 0 Å². The van der Waals surface area contributed by atoms with Gasteiger partial charge < -0.3 is 13.7 Å². The first-order valence-electron chi connectivity index (χ1n) is 28.0. The standard InChI is InChI=1S/C77H48N6/c78-49-55-47-65(50-35-41-56(42-36-50)81-68-29-13-7-23-59(68)60-24-8-14-30-69(60)81)75(53-39-45-58(46-40-53)83-72-33-17-11-27-63(72)64-28-12-18-34-73(64)83)76(67-48-66(51-19-3-1-4-20-51)79-77(80-67)54-21-5-2-6-22-54)74(55)52-37-43-57(44-38-52)82-70-31-15-9-25-61(70)62-26-10-16-32-71(62)82/h1-48H. The van der Waals surface area contributed by atoms with Crippen molar-refractivity contribution in [1.29, 1.82) is 5.26 Å². The molecule has 0 aliphatic rings. The molecule has 0 aliphatic heterocycles. The van der Waals surface area contributed by atoms with Gasteiger partial charge in [-0.1, -0.05) is 206 Å². The molecule has 0 saturated heterocycles. The van der Waals surface area contributed by atoms with Gasteiger partial charge in [0.15, 0.2) is 5.82 Å². The fourth-order valence-electron chi connectivity index (χ4n) is 12.8. The topological polar surface area (TPSA) is 64.4 Å². The molecular weight excluding hydrogens is 1010 g/mol. The molecule has 0 bridgehead atoms. The fraction of sp³-hybridized carbons (Fsp3) is 0. The van der Waals surface area contributed by atoms with Crippen LogP contribution in [-0.2, 0) is 0 Å². The molecule has 0 fully saturated rings. The summed E-state index contributed by atoms with van der Waals surface area (Å²) >= 11 is 0. The third-order valence-electron chi connectivity index (χ3n) is 16.5. The van der Waals surface area contributed by atoms with E-state index < -0.39 is 0 Å². The summed E-state index contributed by atoms with van der Waals surface area (Å²) in [5.74, 6) is 0.585. The Morgan fingerprint density at radius 1 is 0.265 bits per heavy atom. The van der Waals surface area contributed by atoms with Gasteiger partial charge in [-0.2, -0.15) is 5.26 Å². The van der Waals surface area contributed by atoms with Crippen LogP contribution < -0.4 is 0 Å². The molecule has 0 spiro atoms. The predicted octanol–water partition coefficient (Wildman–Crippen LogP) is 19.6. The monoisotopic (exact) mass is 1060 g/mol. The molecule has 0 amide bonds. The summed E-state index contributed by atoms with van der Waals surface area (Å²) in [4.78, 5) is 10.9. The van der Waals surface area contributed by atoms with Crippen molar-refractivity contribution in [3.8, 4) is 90.4 Å². The Morgan fingerprint density at radius 2 is 0.590 bits per heavy atom. The van der Waals surface area contributed by atoms with E-state index in [2.05, 4.69) is 275 Å². The number of hydrogen-bond acceptors (Lipinski definition) is 3. The van der Waals surface area contributed by atoms with Crippen LogP contribution in [0.1, 0.15) is 5.56 Å². The van der Waals surface area contributed by atoms with Crippen molar-refractivity contribution >= 4 is 65.4 Å². The molecular formula is C77H48N6. The Morgan fingerprint density at radius 3 is 0.976 bits per heavy atom. The lowest BCUT2D eigenvalue weighted by molar-refractivity contribution is 1.18. The van der Waals surface area contributed by atoms with E-state index in [1.165, 1.54) is 32.3 Å². The largest absolute Gasteiger partial charge is 0.309 e. The SMILES string of the molecule is N#Cc1cc(-c2ccc(-n3c4ccccc4c4ccccc43)cc2)c(-c2ccc(-n3c4ccccc4c4ccccc43)cc2)c(-c2cc(-c3ccccc3)nc(-c3ccccc3)n2)c1-c1ccc(-n2c3ccccc3c3ccccc32)cc1. The molecule has 0 saturated carbocycles. The minimum atomic E-state index is 0.526. The second kappa shape index (κ2) is 19.5. The third-order valence-corrected chi connectivity index (χ3v) is 16.5. The van der Waals surface area contributed by atoms with Crippen molar-refractivity contribution in [2.75, 3.05) is 0 Å². The van der Waals surface area contributed by atoms with Crippen LogP contribution in [0.4, 0.5) is 0 Å². The number of nitriles is 1. The lowest BCUT2D eigenvalue weighted by Crippen LogP contribution is -2.03. The molecule has 4 aromatic heterocycles. The van der Waals surface area contributed by atoms with Crippen LogP contribution in [0.3, 0.4) is 0 Å². The molecule has 0 N–H and O–H groups in total. The maximum absolute atomic E-state index is 11.8. The third kappa shape index (κ3) is 7.79. The first kappa shape index (κ1) is 47.6. The van der Waals surface area contributed by atoms with Gasteiger partial charge >= 0.3 is 0 Å². The van der Waals surface area contributed by atoms with E-state index in [4.69, 9.17) is 9.97 Å². The van der Waals surface area contributed by atoms with Gasteiger partial charge in [0.05, 0.1) is 56.1 Å². The maximum Gasteiger partial charge on any atom is 0.160 e. The second-order valence-electron chi connectivity index (χ2n) is 21.2. The Labute approximate surface area is 478 Å². The van der Waals surface area contributed by atoms with Crippen LogP contribution in [0, 0.1) is 11.3 Å². The first-order valence-corrected chi connectivity index (χ1v) is 28.0. The molecule has 0 unspecified atom stereocenters. The lowest BCUT2D eigenvalue weighted by atomic mass is 9.81. The minimum absolute atomic E-state index is 0.526. The Balaban J connectivity index is 0.981. The van der Waals surface area contributed by atoms with E-state index in [0.717, 1.165) is 106 Å². The van der Waals surface area contributed by atoms with Crippen molar-refractivity contribution in [2.24, 2.45) is 0 Å². The molecule has 12 aromatic carbocycles. The van der Waals surface area contributed by atoms with Crippen molar-refractivity contribution in [3.63, 3.8) is 0 Å². The van der Waals surface area contributed by atoms with Gasteiger partial charge in [-0.05, 0) is 113 Å². The number of benzene rings is 12. The van der Waals surface area contributed by atoms with E-state index in [0.29, 0.717) is 17.1 Å². The quantitative estimate of drug-likeness (QED) is 0.145. The fourth-order valence-corrected chi connectivity index (χ4v) is 12.8. The number of rotatable bonds is 9. The highest BCUT2D eigenvalue weighted by molar-refractivity contribution is 6.12. The molecule has 6 heteroatoms. The molecule has 0 atom stereocenters. The van der Waals surface area contributed by atoms with Crippen LogP contribution >= 0.6 is 0 Å². The van der Waals surface area contributed by atoms with E-state index in [9.17, 15) is 5.26 Å². The van der Waals surface area contributed by atoms with Gasteiger partial charge in [0, 0.05) is 71.6 Å². The molecule has 4 heterocycles. The minimum Gasteiger partial charge on any atom is -0.309 e. The molecule has 0 radical (unpaired) electrons. The Hall–Kier alpha value is -11.4. The zero-order chi connectivity index (χ0) is 55.0. The summed E-state index contributed by atoms with van der Waals surface area (Å²) in [5.41, 5.74) is 20.0. The van der Waals surface area contributed by atoms with Crippen molar-refractivity contribution in [1.82, 2.24) is 23.7 Å². The second-order valence-corrected chi connectivity index (χ2v) is 21.2.